The third-order valence-electron chi connectivity index (χ3n) is 5.01. The van der Waals surface area contributed by atoms with Crippen LogP contribution >= 0.6 is 11.6 Å². The molecule has 22 heavy (non-hydrogen) atoms. The van der Waals surface area contributed by atoms with Gasteiger partial charge in [-0.05, 0) is 41.7 Å². The van der Waals surface area contributed by atoms with E-state index in [9.17, 15) is 0 Å². The van der Waals surface area contributed by atoms with Gasteiger partial charge in [-0.3, -0.25) is 4.90 Å². The van der Waals surface area contributed by atoms with Crippen molar-refractivity contribution in [1.29, 1.82) is 0 Å². The van der Waals surface area contributed by atoms with E-state index in [1.165, 1.54) is 36.1 Å². The Hall–Kier alpha value is -1.35. The highest BCUT2D eigenvalue weighted by Gasteiger charge is 2.33. The number of piperidine rings is 2. The Labute approximate surface area is 137 Å². The molecule has 0 aliphatic carbocycles. The molecule has 2 unspecified atom stereocenters. The lowest BCUT2D eigenvalue weighted by atomic mass is 9.91. The highest BCUT2D eigenvalue weighted by Crippen LogP contribution is 2.29. The zero-order chi connectivity index (χ0) is 14.9. The molecule has 3 aliphatic rings. The number of piperazine rings is 1. The fourth-order valence-corrected chi connectivity index (χ4v) is 3.91. The molecule has 3 fully saturated rings. The molecular weight excluding hydrogens is 292 g/mol. The summed E-state index contributed by atoms with van der Waals surface area (Å²) in [7, 11) is 0. The maximum atomic E-state index is 6.02. The lowest BCUT2D eigenvalue weighted by molar-refractivity contribution is 0.0687. The van der Waals surface area contributed by atoms with Crippen molar-refractivity contribution in [3.63, 3.8) is 0 Å². The van der Waals surface area contributed by atoms with Gasteiger partial charge < -0.3 is 5.32 Å². The van der Waals surface area contributed by atoms with Crippen molar-refractivity contribution in [2.45, 2.75) is 31.5 Å². The Bertz CT molecular complexity index is 645. The fraction of sp³-hybridized carbons (Fsp3) is 0.368. The lowest BCUT2D eigenvalue weighted by Gasteiger charge is -2.46. The third-order valence-corrected chi connectivity index (χ3v) is 5.26. The van der Waals surface area contributed by atoms with E-state index in [4.69, 9.17) is 11.6 Å². The van der Waals surface area contributed by atoms with Gasteiger partial charge in [-0.15, -0.1) is 0 Å². The second-order valence-electron chi connectivity index (χ2n) is 6.43. The van der Waals surface area contributed by atoms with Gasteiger partial charge in [-0.1, -0.05) is 48.0 Å². The summed E-state index contributed by atoms with van der Waals surface area (Å²) in [6.45, 7) is 3.37. The summed E-state index contributed by atoms with van der Waals surface area (Å²) in [4.78, 5) is 2.65. The van der Waals surface area contributed by atoms with Crippen LogP contribution in [0.3, 0.4) is 0 Å². The quantitative estimate of drug-likeness (QED) is 0.923. The summed E-state index contributed by atoms with van der Waals surface area (Å²) in [5.41, 5.74) is 3.99. The molecule has 2 aromatic carbocycles. The molecule has 1 N–H and O–H groups in total. The van der Waals surface area contributed by atoms with Gasteiger partial charge in [0.2, 0.25) is 0 Å². The van der Waals surface area contributed by atoms with Gasteiger partial charge in [0.25, 0.3) is 0 Å². The number of hydrogen-bond acceptors (Lipinski definition) is 2. The minimum atomic E-state index is 0.688. The van der Waals surface area contributed by atoms with E-state index in [2.05, 4.69) is 46.6 Å². The van der Waals surface area contributed by atoms with Gasteiger partial charge in [-0.2, -0.15) is 0 Å². The van der Waals surface area contributed by atoms with E-state index in [1.54, 1.807) is 0 Å². The van der Waals surface area contributed by atoms with Crippen molar-refractivity contribution in [2.75, 3.05) is 13.1 Å². The highest BCUT2D eigenvalue weighted by molar-refractivity contribution is 6.30. The van der Waals surface area contributed by atoms with Gasteiger partial charge in [0.05, 0.1) is 0 Å². The van der Waals surface area contributed by atoms with Crippen molar-refractivity contribution < 1.29 is 0 Å². The van der Waals surface area contributed by atoms with Crippen molar-refractivity contribution in [3.05, 3.63) is 59.1 Å². The van der Waals surface area contributed by atoms with Crippen molar-refractivity contribution in [2.24, 2.45) is 0 Å². The molecule has 3 heterocycles. The van der Waals surface area contributed by atoms with Crippen LogP contribution in [0, 0.1) is 0 Å². The molecule has 0 aromatic heterocycles. The molecule has 3 aliphatic heterocycles. The first-order chi connectivity index (χ1) is 10.8. The Balaban J connectivity index is 1.61. The average Bonchev–Trinajstić information content (AvgIpc) is 2.57. The van der Waals surface area contributed by atoms with Gasteiger partial charge in [0, 0.05) is 36.7 Å². The van der Waals surface area contributed by atoms with Gasteiger partial charge in [0.15, 0.2) is 0 Å². The van der Waals surface area contributed by atoms with Crippen LogP contribution in [0.5, 0.6) is 0 Å². The maximum absolute atomic E-state index is 6.02. The van der Waals surface area contributed by atoms with Crippen molar-refractivity contribution in [1.82, 2.24) is 10.2 Å². The molecule has 2 atom stereocenters. The number of nitrogens with zero attached hydrogens (tertiary/aromatic N) is 1. The molecule has 2 nitrogen and oxygen atoms in total. The first kappa shape index (κ1) is 14.3. The molecule has 0 saturated carbocycles. The van der Waals surface area contributed by atoms with E-state index in [0.29, 0.717) is 12.1 Å². The van der Waals surface area contributed by atoms with Crippen LogP contribution in [-0.2, 0) is 6.54 Å². The van der Waals surface area contributed by atoms with E-state index in [0.717, 1.165) is 18.1 Å². The summed E-state index contributed by atoms with van der Waals surface area (Å²) >= 11 is 6.02. The summed E-state index contributed by atoms with van der Waals surface area (Å²) in [6, 6.07) is 18.3. The van der Waals surface area contributed by atoms with Crippen LogP contribution in [0.1, 0.15) is 18.4 Å². The van der Waals surface area contributed by atoms with Crippen molar-refractivity contribution in [3.8, 4) is 11.1 Å². The van der Waals surface area contributed by atoms with E-state index >= 15 is 0 Å². The number of nitrogens with one attached hydrogen (secondary N) is 1. The molecule has 0 radical (unpaired) electrons. The predicted octanol–water partition coefficient (Wildman–Crippen LogP) is 3.94. The summed E-state index contributed by atoms with van der Waals surface area (Å²) in [5, 5.41) is 4.42. The molecule has 0 spiro atoms. The average molecular weight is 313 g/mol. The number of halogens is 1. The normalized spacial score (nSPS) is 24.6. The second kappa shape index (κ2) is 6.04. The molecule has 3 heteroatoms. The molecule has 5 rings (SSSR count). The van der Waals surface area contributed by atoms with Crippen LogP contribution in [-0.4, -0.2) is 30.1 Å². The van der Waals surface area contributed by atoms with Crippen LogP contribution in [0.25, 0.3) is 11.1 Å². The standard InChI is InChI=1S/C19H21ClN2/c20-16-7-5-14(6-8-16)19-4-2-1-3-15(19)12-22-13-17-9-10-18(22)11-21-17/h1-8,17-18,21H,9-13H2. The number of rotatable bonds is 3. The summed E-state index contributed by atoms with van der Waals surface area (Å²) in [6.07, 6.45) is 2.67. The van der Waals surface area contributed by atoms with Gasteiger partial charge >= 0.3 is 0 Å². The molecule has 2 bridgehead atoms. The molecule has 114 valence electrons. The zero-order valence-electron chi connectivity index (χ0n) is 12.6. The highest BCUT2D eigenvalue weighted by atomic mass is 35.5. The Morgan fingerprint density at radius 2 is 1.86 bits per heavy atom. The van der Waals surface area contributed by atoms with E-state index in [-0.39, 0.29) is 0 Å². The molecule has 0 amide bonds. The third kappa shape index (κ3) is 2.79. The molecular formula is C19H21ClN2. The Morgan fingerprint density at radius 3 is 2.55 bits per heavy atom. The Morgan fingerprint density at radius 1 is 1.05 bits per heavy atom. The Kier molecular flexibility index (Phi) is 3.91. The van der Waals surface area contributed by atoms with E-state index < -0.39 is 0 Å². The summed E-state index contributed by atoms with van der Waals surface area (Å²) in [5.74, 6) is 0. The first-order valence-electron chi connectivity index (χ1n) is 8.11. The summed E-state index contributed by atoms with van der Waals surface area (Å²) < 4.78 is 0. The lowest BCUT2D eigenvalue weighted by Crippen LogP contribution is -2.60. The van der Waals surface area contributed by atoms with Crippen LogP contribution in [0.2, 0.25) is 5.02 Å². The minimum absolute atomic E-state index is 0.688. The fourth-order valence-electron chi connectivity index (χ4n) is 3.78. The van der Waals surface area contributed by atoms with Gasteiger partial charge in [0.1, 0.15) is 0 Å². The van der Waals surface area contributed by atoms with E-state index in [1.807, 2.05) is 12.1 Å². The second-order valence-corrected chi connectivity index (χ2v) is 6.87. The number of benzene rings is 2. The SMILES string of the molecule is Clc1ccc(-c2ccccc2CN2CC3CCC2CN3)cc1. The maximum Gasteiger partial charge on any atom is 0.0406 e. The van der Waals surface area contributed by atoms with Crippen molar-refractivity contribution >= 4 is 11.6 Å². The largest absolute Gasteiger partial charge is 0.311 e. The number of hydrogen-bond donors (Lipinski definition) is 1. The number of fused-ring (bicyclic) bond motifs is 3. The van der Waals surface area contributed by atoms with Crippen LogP contribution in [0.15, 0.2) is 48.5 Å². The zero-order valence-corrected chi connectivity index (χ0v) is 13.4. The van der Waals surface area contributed by atoms with Crippen LogP contribution in [0.4, 0.5) is 0 Å². The first-order valence-corrected chi connectivity index (χ1v) is 8.49. The topological polar surface area (TPSA) is 15.3 Å². The molecule has 3 saturated heterocycles. The smallest absolute Gasteiger partial charge is 0.0406 e. The monoisotopic (exact) mass is 312 g/mol. The van der Waals surface area contributed by atoms with Crippen LogP contribution < -0.4 is 5.32 Å². The van der Waals surface area contributed by atoms with Gasteiger partial charge in [-0.25, -0.2) is 0 Å². The minimum Gasteiger partial charge on any atom is -0.311 e. The molecule has 2 aromatic rings. The predicted molar refractivity (Wildman–Crippen MR) is 92.1 cm³/mol.